The van der Waals surface area contributed by atoms with E-state index in [1.54, 1.807) is 0 Å². The molecular formula is C26H38N4O2. The maximum Gasteiger partial charge on any atom is 0.223 e. The van der Waals surface area contributed by atoms with Crippen molar-refractivity contribution in [3.05, 3.63) is 36.0 Å². The molecule has 6 heteroatoms. The molecule has 1 N–H and O–H groups in total. The third-order valence-electron chi connectivity index (χ3n) is 7.57. The first-order chi connectivity index (χ1) is 15.4. The second-order valence-electron chi connectivity index (χ2n) is 10.2. The Morgan fingerprint density at radius 1 is 1.16 bits per heavy atom. The molecule has 0 radical (unpaired) electrons. The predicted molar refractivity (Wildman–Crippen MR) is 127 cm³/mol. The first-order valence-corrected chi connectivity index (χ1v) is 12.3. The normalized spacial score (nSPS) is 26.1. The van der Waals surface area contributed by atoms with Crippen LogP contribution in [0.3, 0.4) is 0 Å². The van der Waals surface area contributed by atoms with E-state index in [1.165, 1.54) is 5.57 Å². The Morgan fingerprint density at radius 3 is 2.53 bits per heavy atom. The Labute approximate surface area is 192 Å². The molecule has 32 heavy (non-hydrogen) atoms. The topological polar surface area (TPSA) is 65.5 Å². The van der Waals surface area contributed by atoms with Gasteiger partial charge in [0.25, 0.3) is 0 Å². The Balaban J connectivity index is 1.31. The number of nitrogens with zero attached hydrogens (tertiary/aromatic N) is 3. The molecular weight excluding hydrogens is 400 g/mol. The van der Waals surface area contributed by atoms with Gasteiger partial charge in [0.1, 0.15) is 5.82 Å². The quantitative estimate of drug-likeness (QED) is 0.662. The van der Waals surface area contributed by atoms with Crippen molar-refractivity contribution in [1.29, 1.82) is 0 Å². The summed E-state index contributed by atoms with van der Waals surface area (Å²) < 4.78 is 0. The number of carbonyl (C=O) groups excluding carboxylic acids is 2. The van der Waals surface area contributed by atoms with Gasteiger partial charge in [-0.3, -0.25) is 9.59 Å². The summed E-state index contributed by atoms with van der Waals surface area (Å²) in [6.45, 7) is 10.6. The summed E-state index contributed by atoms with van der Waals surface area (Å²) in [6.07, 6.45) is 7.87. The lowest BCUT2D eigenvalue weighted by Crippen LogP contribution is -2.49. The van der Waals surface area contributed by atoms with Crippen molar-refractivity contribution in [3.63, 3.8) is 0 Å². The zero-order valence-corrected chi connectivity index (χ0v) is 19.8. The van der Waals surface area contributed by atoms with Crippen LogP contribution in [0, 0.1) is 29.6 Å². The summed E-state index contributed by atoms with van der Waals surface area (Å²) in [5, 5.41) is 3.18. The molecule has 1 aliphatic heterocycles. The van der Waals surface area contributed by atoms with Gasteiger partial charge in [0.15, 0.2) is 0 Å². The fourth-order valence-corrected chi connectivity index (χ4v) is 5.28. The highest BCUT2D eigenvalue weighted by Crippen LogP contribution is 2.39. The molecule has 1 aromatic heterocycles. The monoisotopic (exact) mass is 438 g/mol. The molecule has 1 aromatic rings. The third kappa shape index (κ3) is 5.51. The van der Waals surface area contributed by atoms with Crippen molar-refractivity contribution >= 4 is 17.6 Å². The number of allylic oxidation sites excluding steroid dienone is 1. The van der Waals surface area contributed by atoms with Gasteiger partial charge in [-0.1, -0.05) is 31.6 Å². The minimum absolute atomic E-state index is 0.223. The highest BCUT2D eigenvalue weighted by molar-refractivity contribution is 5.80. The number of nitrogens with one attached hydrogen (secondary N) is 1. The lowest BCUT2D eigenvalue weighted by Gasteiger charge is -2.39. The van der Waals surface area contributed by atoms with Gasteiger partial charge in [-0.25, -0.2) is 4.98 Å². The summed E-state index contributed by atoms with van der Waals surface area (Å²) in [5.41, 5.74) is 1.31. The van der Waals surface area contributed by atoms with E-state index in [4.69, 9.17) is 0 Å². The van der Waals surface area contributed by atoms with E-state index >= 15 is 0 Å². The van der Waals surface area contributed by atoms with E-state index in [2.05, 4.69) is 42.0 Å². The Kier molecular flexibility index (Phi) is 7.17. The minimum atomic E-state index is 0.223. The van der Waals surface area contributed by atoms with E-state index in [-0.39, 0.29) is 17.7 Å². The fraction of sp³-hybridized carbons (Fsp3) is 0.654. The van der Waals surface area contributed by atoms with Gasteiger partial charge in [0.2, 0.25) is 11.8 Å². The van der Waals surface area contributed by atoms with Gasteiger partial charge in [-0.05, 0) is 62.0 Å². The van der Waals surface area contributed by atoms with Crippen LogP contribution in [0.4, 0.5) is 5.82 Å². The van der Waals surface area contributed by atoms with Gasteiger partial charge in [-0.2, -0.15) is 0 Å². The molecule has 3 atom stereocenters. The van der Waals surface area contributed by atoms with Crippen LogP contribution in [0.25, 0.3) is 0 Å². The maximum atomic E-state index is 13.1. The molecule has 2 heterocycles. The second kappa shape index (κ2) is 10.1. The molecule has 0 bridgehead atoms. The predicted octanol–water partition coefficient (Wildman–Crippen LogP) is 3.50. The Hall–Kier alpha value is -2.37. The first kappa shape index (κ1) is 22.8. The zero-order chi connectivity index (χ0) is 22.7. The molecule has 2 fully saturated rings. The molecule has 3 aliphatic rings. The lowest BCUT2D eigenvalue weighted by atomic mass is 9.69. The first-order valence-electron chi connectivity index (χ1n) is 12.3. The molecule has 1 saturated heterocycles. The summed E-state index contributed by atoms with van der Waals surface area (Å²) in [5.74, 6) is 3.44. The average molecular weight is 439 g/mol. The van der Waals surface area contributed by atoms with Crippen molar-refractivity contribution in [2.45, 2.75) is 46.5 Å². The van der Waals surface area contributed by atoms with Crippen molar-refractivity contribution in [2.24, 2.45) is 29.6 Å². The smallest absolute Gasteiger partial charge is 0.223 e. The van der Waals surface area contributed by atoms with Gasteiger partial charge < -0.3 is 15.1 Å². The molecule has 1 saturated carbocycles. The van der Waals surface area contributed by atoms with Crippen LogP contribution in [0.15, 0.2) is 36.0 Å². The maximum absolute atomic E-state index is 13.1. The zero-order valence-electron chi connectivity index (χ0n) is 19.8. The van der Waals surface area contributed by atoms with E-state index in [9.17, 15) is 9.59 Å². The van der Waals surface area contributed by atoms with Crippen LogP contribution in [0.2, 0.25) is 0 Å². The average Bonchev–Trinajstić information content (AvgIpc) is 3.65. The SMILES string of the molecule is CC1=C[C@@H](CNC(=O)C2CC2)[C@H](C(C)C)C[C@H]1CC(=O)N1CCN(c2ccccn2)CC1. The van der Waals surface area contributed by atoms with Gasteiger partial charge in [-0.15, -0.1) is 0 Å². The van der Waals surface area contributed by atoms with Crippen LogP contribution in [0.5, 0.6) is 0 Å². The Morgan fingerprint density at radius 2 is 1.91 bits per heavy atom. The highest BCUT2D eigenvalue weighted by atomic mass is 16.2. The van der Waals surface area contributed by atoms with Gasteiger partial charge >= 0.3 is 0 Å². The number of pyridine rings is 1. The fourth-order valence-electron chi connectivity index (χ4n) is 5.28. The van der Waals surface area contributed by atoms with Gasteiger partial charge in [0.05, 0.1) is 0 Å². The van der Waals surface area contributed by atoms with Crippen LogP contribution in [-0.4, -0.2) is 54.4 Å². The van der Waals surface area contributed by atoms with Crippen molar-refractivity contribution in [1.82, 2.24) is 15.2 Å². The van der Waals surface area contributed by atoms with Crippen molar-refractivity contribution in [2.75, 3.05) is 37.6 Å². The summed E-state index contributed by atoms with van der Waals surface area (Å²) in [7, 11) is 0. The van der Waals surface area contributed by atoms with Crippen LogP contribution < -0.4 is 10.2 Å². The minimum Gasteiger partial charge on any atom is -0.355 e. The number of anilines is 1. The number of amides is 2. The molecule has 2 aliphatic carbocycles. The number of hydrogen-bond acceptors (Lipinski definition) is 4. The number of carbonyl (C=O) groups is 2. The molecule has 0 spiro atoms. The number of piperazine rings is 1. The number of aromatic nitrogens is 1. The summed E-state index contributed by atoms with van der Waals surface area (Å²) >= 11 is 0. The van der Waals surface area contributed by atoms with Crippen LogP contribution >= 0.6 is 0 Å². The van der Waals surface area contributed by atoms with E-state index < -0.39 is 0 Å². The standard InChI is InChI=1S/C26H38N4O2/c1-18(2)23-15-21(19(3)14-22(23)17-28-26(32)20-7-8-20)16-25(31)30-12-10-29(11-13-30)24-6-4-5-9-27-24/h4-6,9,14,18,20-23H,7-8,10-13,15-17H2,1-3H3,(H,28,32)/t21-,22-,23-/m0/s1. The molecule has 4 rings (SSSR count). The van der Waals surface area contributed by atoms with Crippen LogP contribution in [-0.2, 0) is 9.59 Å². The van der Waals surface area contributed by atoms with E-state index in [0.29, 0.717) is 30.1 Å². The molecule has 174 valence electrons. The molecule has 0 unspecified atom stereocenters. The van der Waals surface area contributed by atoms with Gasteiger partial charge in [0, 0.05) is 51.3 Å². The summed E-state index contributed by atoms with van der Waals surface area (Å²) in [4.78, 5) is 33.9. The molecule has 2 amide bonds. The Bertz CT molecular complexity index is 825. The molecule has 6 nitrogen and oxygen atoms in total. The lowest BCUT2D eigenvalue weighted by molar-refractivity contribution is -0.132. The van der Waals surface area contributed by atoms with E-state index in [1.807, 2.05) is 29.3 Å². The van der Waals surface area contributed by atoms with Crippen LogP contribution in [0.1, 0.15) is 46.5 Å². The molecule has 0 aromatic carbocycles. The largest absolute Gasteiger partial charge is 0.355 e. The number of hydrogen-bond donors (Lipinski definition) is 1. The second-order valence-corrected chi connectivity index (χ2v) is 10.2. The number of rotatable bonds is 7. The highest BCUT2D eigenvalue weighted by Gasteiger charge is 2.35. The summed E-state index contributed by atoms with van der Waals surface area (Å²) in [6, 6.07) is 5.97. The third-order valence-corrected chi connectivity index (χ3v) is 7.57. The van der Waals surface area contributed by atoms with Crippen molar-refractivity contribution in [3.8, 4) is 0 Å². The van der Waals surface area contributed by atoms with E-state index in [0.717, 1.165) is 57.8 Å². The van der Waals surface area contributed by atoms with Crippen molar-refractivity contribution < 1.29 is 9.59 Å².